The molecule has 0 spiro atoms. The van der Waals surface area contributed by atoms with E-state index in [9.17, 15) is 11.0 Å². The van der Waals surface area contributed by atoms with Crippen LogP contribution < -0.4 is 4.74 Å². The van der Waals surface area contributed by atoms with Crippen molar-refractivity contribution in [1.29, 1.82) is 0 Å². The van der Waals surface area contributed by atoms with Crippen LogP contribution in [0.3, 0.4) is 0 Å². The Bertz CT molecular complexity index is 3570. The lowest BCUT2D eigenvalue weighted by Gasteiger charge is -2.24. The van der Waals surface area contributed by atoms with E-state index >= 15 is 0 Å². The summed E-state index contributed by atoms with van der Waals surface area (Å²) in [6.45, 7) is 0. The molecule has 1 nitrogen and oxygen atoms in total. The molecule has 0 saturated carbocycles. The predicted octanol–water partition coefficient (Wildman–Crippen LogP) is 11.9. The summed E-state index contributed by atoms with van der Waals surface area (Å²) in [4.78, 5) is 0. The number of hydrogen-bond acceptors (Lipinski definition) is 1. The Labute approximate surface area is 284 Å². The van der Waals surface area contributed by atoms with Crippen molar-refractivity contribution in [3.8, 4) is 56.0 Å². The molecule has 9 rings (SSSR count). The van der Waals surface area contributed by atoms with Gasteiger partial charge in [-0.1, -0.05) is 145 Å². The van der Waals surface area contributed by atoms with E-state index in [4.69, 9.17) is 26.7 Å². The van der Waals surface area contributed by atoms with Crippen molar-refractivity contribution in [1.82, 2.24) is 0 Å². The summed E-state index contributed by atoms with van der Waals surface area (Å²) in [6.07, 6.45) is 0. The van der Waals surface area contributed by atoms with Gasteiger partial charge in [-0.05, 0) is 78.0 Å². The molecule has 0 unspecified atom stereocenters. The molecular formula is C42H26O. The minimum absolute atomic E-state index is 0.190. The van der Waals surface area contributed by atoms with Crippen LogP contribution in [0.25, 0.3) is 76.8 Å². The van der Waals surface area contributed by atoms with Crippen LogP contribution in [0.15, 0.2) is 157 Å². The Kier molecular flexibility index (Phi) is 2.25. The zero-order valence-corrected chi connectivity index (χ0v) is 21.6. The van der Waals surface area contributed by atoms with Gasteiger partial charge in [-0.2, -0.15) is 0 Å². The van der Waals surface area contributed by atoms with E-state index in [1.54, 1.807) is 0 Å². The molecule has 8 aromatic carbocycles. The van der Waals surface area contributed by atoms with Gasteiger partial charge in [0.25, 0.3) is 0 Å². The van der Waals surface area contributed by atoms with Gasteiger partial charge in [0.1, 0.15) is 11.5 Å². The molecule has 200 valence electrons. The molecule has 0 N–H and O–H groups in total. The number of benzene rings is 8. The van der Waals surface area contributed by atoms with Crippen LogP contribution in [0, 0.1) is 0 Å². The largest absolute Gasteiger partial charge is 0.456 e. The highest BCUT2D eigenvalue weighted by Gasteiger charge is 2.23. The van der Waals surface area contributed by atoms with Crippen LogP contribution in [0.1, 0.15) is 32.9 Å². The van der Waals surface area contributed by atoms with Crippen molar-refractivity contribution >= 4 is 32.3 Å². The van der Waals surface area contributed by atoms with Gasteiger partial charge >= 0.3 is 0 Å². The van der Waals surface area contributed by atoms with Crippen molar-refractivity contribution in [2.45, 2.75) is 0 Å². The summed E-state index contributed by atoms with van der Waals surface area (Å²) < 4.78 is 220. The molecule has 1 aliphatic heterocycles. The van der Waals surface area contributed by atoms with Gasteiger partial charge in [0, 0.05) is 10.9 Å². The average Bonchev–Trinajstić information content (AvgIpc) is 3.29. The monoisotopic (exact) mass is 570 g/mol. The number of rotatable bonds is 3. The van der Waals surface area contributed by atoms with E-state index in [2.05, 4.69) is 0 Å². The molecule has 0 amide bonds. The molecule has 1 aliphatic rings. The summed E-state index contributed by atoms with van der Waals surface area (Å²) in [6, 6.07) is -17.7. The minimum Gasteiger partial charge on any atom is -0.456 e. The fourth-order valence-corrected chi connectivity index (χ4v) is 5.36. The molecule has 8 aromatic rings. The average molecular weight is 571 g/mol. The van der Waals surface area contributed by atoms with Crippen LogP contribution in [-0.2, 0) is 0 Å². The van der Waals surface area contributed by atoms with Crippen molar-refractivity contribution in [2.24, 2.45) is 0 Å². The predicted molar refractivity (Wildman–Crippen MR) is 181 cm³/mol. The summed E-state index contributed by atoms with van der Waals surface area (Å²) in [5, 5.41) is -2.94. The second-order valence-electron chi connectivity index (χ2n) is 9.41. The first-order valence-electron chi connectivity index (χ1n) is 24.8. The first kappa shape index (κ1) is 10.3. The smallest absolute Gasteiger partial charge is 0.135 e. The fourth-order valence-electron chi connectivity index (χ4n) is 5.36. The maximum atomic E-state index is 9.66. The van der Waals surface area contributed by atoms with Crippen molar-refractivity contribution in [3.63, 3.8) is 0 Å². The van der Waals surface area contributed by atoms with Gasteiger partial charge in [0.05, 0.1) is 32.9 Å². The van der Waals surface area contributed by atoms with E-state index in [1.165, 1.54) is 0 Å². The van der Waals surface area contributed by atoms with Crippen LogP contribution >= 0.6 is 0 Å². The van der Waals surface area contributed by atoms with Crippen molar-refractivity contribution < 1.29 is 37.6 Å². The highest BCUT2D eigenvalue weighted by Crippen LogP contribution is 2.51. The Morgan fingerprint density at radius 3 is 1.65 bits per heavy atom. The van der Waals surface area contributed by atoms with Gasteiger partial charge in [-0.25, -0.2) is 0 Å². The zero-order valence-electron chi connectivity index (χ0n) is 45.6. The van der Waals surface area contributed by atoms with E-state index in [0.29, 0.717) is 0 Å². The first-order valence-corrected chi connectivity index (χ1v) is 12.8. The van der Waals surface area contributed by atoms with Gasteiger partial charge in [-0.15, -0.1) is 0 Å². The second kappa shape index (κ2) is 9.44. The molecule has 43 heavy (non-hydrogen) atoms. The Morgan fingerprint density at radius 1 is 0.349 bits per heavy atom. The number of hydrogen-bond donors (Lipinski definition) is 0. The van der Waals surface area contributed by atoms with Crippen LogP contribution in [0.2, 0.25) is 0 Å². The summed E-state index contributed by atoms with van der Waals surface area (Å²) in [5.41, 5.74) is -4.36. The highest BCUT2D eigenvalue weighted by atomic mass is 16.5. The minimum atomic E-state index is -1.01. The molecule has 0 saturated heterocycles. The van der Waals surface area contributed by atoms with Crippen molar-refractivity contribution in [2.75, 3.05) is 0 Å². The van der Waals surface area contributed by atoms with E-state index in [0.717, 1.165) is 12.1 Å². The van der Waals surface area contributed by atoms with Gasteiger partial charge in [-0.3, -0.25) is 0 Å². The topological polar surface area (TPSA) is 9.23 Å². The Morgan fingerprint density at radius 2 is 0.930 bits per heavy atom. The third-order valence-corrected chi connectivity index (χ3v) is 7.15. The molecule has 0 bridgehead atoms. The van der Waals surface area contributed by atoms with E-state index < -0.39 is 206 Å². The Hall–Kier alpha value is -5.66. The molecule has 1 heteroatoms. The van der Waals surface area contributed by atoms with Gasteiger partial charge in [0.15, 0.2) is 0 Å². The van der Waals surface area contributed by atoms with Crippen LogP contribution in [0.4, 0.5) is 0 Å². The van der Waals surface area contributed by atoms with Crippen LogP contribution in [-0.4, -0.2) is 0 Å². The van der Waals surface area contributed by atoms with Crippen molar-refractivity contribution in [3.05, 3.63) is 157 Å². The maximum Gasteiger partial charge on any atom is 0.135 e. The number of para-hydroxylation sites is 1. The molecule has 0 atom stereocenters. The number of fused-ring (bicyclic) bond motifs is 4. The molecule has 1 heterocycles. The lowest BCUT2D eigenvalue weighted by Crippen LogP contribution is -1.98. The first-order chi connectivity index (χ1) is 31.3. The third kappa shape index (κ3) is 3.65. The lowest BCUT2D eigenvalue weighted by molar-refractivity contribution is 0.487. The molecule has 0 aromatic heterocycles. The zero-order chi connectivity index (χ0) is 49.2. The third-order valence-electron chi connectivity index (χ3n) is 7.15. The Balaban J connectivity index is 1.57. The standard InChI is InChI=1S/C42H26O/c1-2-11-27(12-3-1)28-21-23-29(24-22-28)40-31-14-4-6-16-33(31)41(34-17-7-5-15-32(34)40)37-26-25-36-30-13-8-9-19-38(30)43-39-20-10-18-35(37)42(36)39/h1-26H/i1D,2D,3D,4D,5D,6D,7D,8D,9D,10D,11D,12D,13D,14D,15D,16D,17D,20D,21D,22D,23D,24D,25D,26D. The lowest BCUT2D eigenvalue weighted by atomic mass is 9.83. The quantitative estimate of drug-likeness (QED) is 0.192. The number of ether oxygens (including phenoxy) is 1. The SMILES string of the molecule is [2H]c1cc2c(c([2H])c1[2H])-c1c([2H])c([2H])c(-c3c4c([2H])c([2H])c([2H])c([2H])c4c(-c4c([2H])c([2H])c(-c5c([2H])c([2H])c([2H])c([2H])c5[2H])c([2H])c4[2H])c4c([2H])c([2H])c([2H])c([2H])c34)c3cc([2H])c([2H])c(c13)O2. The summed E-state index contributed by atoms with van der Waals surface area (Å²) in [5.74, 6) is -0.631. The highest BCUT2D eigenvalue weighted by molar-refractivity contribution is 6.24. The second-order valence-corrected chi connectivity index (χ2v) is 9.41. The normalized spacial score (nSPS) is 19.7. The molecule has 0 fully saturated rings. The molecule has 0 aliphatic carbocycles. The summed E-state index contributed by atoms with van der Waals surface area (Å²) in [7, 11) is 0. The molecule has 0 radical (unpaired) electrons. The van der Waals surface area contributed by atoms with E-state index in [-0.39, 0.29) is 27.6 Å². The van der Waals surface area contributed by atoms with E-state index in [1.807, 2.05) is 0 Å². The fraction of sp³-hybridized carbons (Fsp3) is 0. The maximum absolute atomic E-state index is 9.66. The van der Waals surface area contributed by atoms with Gasteiger partial charge in [0.2, 0.25) is 0 Å². The van der Waals surface area contributed by atoms with Crippen LogP contribution in [0.5, 0.6) is 11.5 Å². The van der Waals surface area contributed by atoms with Gasteiger partial charge < -0.3 is 4.74 Å². The molecular weight excluding hydrogens is 520 g/mol. The summed E-state index contributed by atoms with van der Waals surface area (Å²) >= 11 is 0.